The van der Waals surface area contributed by atoms with Crippen molar-refractivity contribution in [3.8, 4) is 0 Å². The van der Waals surface area contributed by atoms with E-state index in [2.05, 4.69) is 37.5 Å². The van der Waals surface area contributed by atoms with E-state index in [0.717, 1.165) is 32.8 Å². The zero-order valence-electron chi connectivity index (χ0n) is 13.7. The van der Waals surface area contributed by atoms with Crippen LogP contribution < -0.4 is 15.5 Å². The van der Waals surface area contributed by atoms with Gasteiger partial charge in [-0.1, -0.05) is 0 Å². The first-order chi connectivity index (χ1) is 10.1. The Bertz CT molecular complexity index is 414. The molecule has 1 aromatic heterocycles. The fourth-order valence-electron chi connectivity index (χ4n) is 1.60. The topological polar surface area (TPSA) is 78.4 Å². The zero-order chi connectivity index (χ0) is 15.7. The quantitative estimate of drug-likeness (QED) is 0.641. The van der Waals surface area contributed by atoms with Crippen LogP contribution in [0.5, 0.6) is 0 Å². The number of ether oxygens (including phenoxy) is 1. The molecule has 0 unspecified atom stereocenters. The van der Waals surface area contributed by atoms with Crippen molar-refractivity contribution in [2.75, 3.05) is 76.6 Å². The summed E-state index contributed by atoms with van der Waals surface area (Å²) in [5.74, 6) is 1.81. The molecule has 0 bridgehead atoms. The fourth-order valence-corrected chi connectivity index (χ4v) is 1.60. The van der Waals surface area contributed by atoms with Gasteiger partial charge in [0.05, 0.1) is 6.61 Å². The van der Waals surface area contributed by atoms with Gasteiger partial charge >= 0.3 is 0 Å². The van der Waals surface area contributed by atoms with Gasteiger partial charge < -0.3 is 25.2 Å². The van der Waals surface area contributed by atoms with Gasteiger partial charge in [-0.05, 0) is 14.0 Å². The standard InChI is InChI=1S/C13H27N7O/c1-6-14-11-16-12(18-13(17-11)19(2)3)15-7-8-20(4)9-10-21-5/h6-10H2,1-5H3,(H2,14,15,16,17,18). The molecule has 120 valence electrons. The Kier molecular flexibility index (Phi) is 7.70. The Morgan fingerprint density at radius 2 is 1.67 bits per heavy atom. The molecule has 0 aliphatic carbocycles. The summed E-state index contributed by atoms with van der Waals surface area (Å²) in [6.45, 7) is 6.08. The third-order valence-corrected chi connectivity index (χ3v) is 2.81. The summed E-state index contributed by atoms with van der Waals surface area (Å²) in [6.07, 6.45) is 0. The van der Waals surface area contributed by atoms with Gasteiger partial charge in [0.1, 0.15) is 0 Å². The largest absolute Gasteiger partial charge is 0.383 e. The molecular weight excluding hydrogens is 270 g/mol. The molecule has 0 saturated carbocycles. The van der Waals surface area contributed by atoms with Crippen LogP contribution in [0.25, 0.3) is 0 Å². The minimum atomic E-state index is 0.588. The van der Waals surface area contributed by atoms with E-state index in [1.807, 2.05) is 25.9 Å². The first kappa shape index (κ1) is 17.4. The summed E-state index contributed by atoms with van der Waals surface area (Å²) in [5, 5.41) is 6.35. The SMILES string of the molecule is CCNc1nc(NCCN(C)CCOC)nc(N(C)C)n1. The molecule has 0 saturated heterocycles. The molecule has 1 rings (SSSR count). The van der Waals surface area contributed by atoms with E-state index in [1.54, 1.807) is 7.11 Å². The molecule has 0 aliphatic heterocycles. The third kappa shape index (κ3) is 6.54. The average molecular weight is 297 g/mol. The lowest BCUT2D eigenvalue weighted by atomic mass is 10.5. The maximum Gasteiger partial charge on any atom is 0.231 e. The van der Waals surface area contributed by atoms with Gasteiger partial charge in [-0.25, -0.2) is 0 Å². The highest BCUT2D eigenvalue weighted by Crippen LogP contribution is 2.10. The van der Waals surface area contributed by atoms with Crippen molar-refractivity contribution in [3.05, 3.63) is 0 Å². The molecule has 0 amide bonds. The van der Waals surface area contributed by atoms with E-state index in [1.165, 1.54) is 0 Å². The smallest absolute Gasteiger partial charge is 0.231 e. The number of rotatable bonds is 10. The molecule has 8 nitrogen and oxygen atoms in total. The number of likely N-dealkylation sites (N-methyl/N-ethyl adjacent to an activating group) is 1. The van der Waals surface area contributed by atoms with Crippen molar-refractivity contribution in [1.29, 1.82) is 0 Å². The van der Waals surface area contributed by atoms with Crippen LogP contribution in [-0.4, -0.2) is 80.9 Å². The number of aromatic nitrogens is 3. The van der Waals surface area contributed by atoms with Gasteiger partial charge in [0.2, 0.25) is 17.8 Å². The van der Waals surface area contributed by atoms with Gasteiger partial charge in [0.25, 0.3) is 0 Å². The first-order valence-electron chi connectivity index (χ1n) is 7.15. The lowest BCUT2D eigenvalue weighted by molar-refractivity contribution is 0.163. The molecule has 1 heterocycles. The van der Waals surface area contributed by atoms with Crippen molar-refractivity contribution in [2.24, 2.45) is 0 Å². The Labute approximate surface area is 126 Å². The molecule has 0 atom stereocenters. The zero-order valence-corrected chi connectivity index (χ0v) is 13.7. The molecule has 21 heavy (non-hydrogen) atoms. The molecule has 0 aromatic carbocycles. The van der Waals surface area contributed by atoms with E-state index < -0.39 is 0 Å². The third-order valence-electron chi connectivity index (χ3n) is 2.81. The van der Waals surface area contributed by atoms with Gasteiger partial charge in [0, 0.05) is 47.4 Å². The van der Waals surface area contributed by atoms with Crippen molar-refractivity contribution < 1.29 is 4.74 Å². The lowest BCUT2D eigenvalue weighted by Gasteiger charge is -2.17. The minimum absolute atomic E-state index is 0.588. The van der Waals surface area contributed by atoms with Gasteiger partial charge in [-0.15, -0.1) is 0 Å². The Balaban J connectivity index is 2.57. The number of hydrogen-bond acceptors (Lipinski definition) is 8. The fraction of sp³-hybridized carbons (Fsp3) is 0.769. The van der Waals surface area contributed by atoms with Crippen LogP contribution in [0.2, 0.25) is 0 Å². The number of nitrogens with zero attached hydrogens (tertiary/aromatic N) is 5. The molecule has 0 aliphatic rings. The molecule has 0 radical (unpaired) electrons. The Morgan fingerprint density at radius 1 is 1.00 bits per heavy atom. The number of methoxy groups -OCH3 is 1. The van der Waals surface area contributed by atoms with Crippen molar-refractivity contribution in [2.45, 2.75) is 6.92 Å². The maximum absolute atomic E-state index is 5.05. The summed E-state index contributed by atoms with van der Waals surface area (Å²) in [4.78, 5) is 17.1. The van der Waals surface area contributed by atoms with Gasteiger partial charge in [-0.3, -0.25) is 0 Å². The highest BCUT2D eigenvalue weighted by molar-refractivity contribution is 5.42. The molecule has 0 spiro atoms. The van der Waals surface area contributed by atoms with E-state index >= 15 is 0 Å². The van der Waals surface area contributed by atoms with Crippen LogP contribution in [0, 0.1) is 0 Å². The summed E-state index contributed by atoms with van der Waals surface area (Å²) < 4.78 is 5.05. The number of anilines is 3. The highest BCUT2D eigenvalue weighted by atomic mass is 16.5. The van der Waals surface area contributed by atoms with E-state index in [0.29, 0.717) is 17.8 Å². The second-order valence-corrected chi connectivity index (χ2v) is 4.93. The van der Waals surface area contributed by atoms with Crippen molar-refractivity contribution in [3.63, 3.8) is 0 Å². The molecule has 2 N–H and O–H groups in total. The molecule has 0 fully saturated rings. The van der Waals surface area contributed by atoms with Crippen LogP contribution in [0.15, 0.2) is 0 Å². The summed E-state index contributed by atoms with van der Waals surface area (Å²) >= 11 is 0. The summed E-state index contributed by atoms with van der Waals surface area (Å²) in [5.41, 5.74) is 0. The first-order valence-corrected chi connectivity index (χ1v) is 7.15. The second-order valence-electron chi connectivity index (χ2n) is 4.93. The lowest BCUT2D eigenvalue weighted by Crippen LogP contribution is -2.28. The average Bonchev–Trinajstić information content (AvgIpc) is 2.45. The second kappa shape index (κ2) is 9.30. The predicted molar refractivity (Wildman–Crippen MR) is 86.2 cm³/mol. The number of hydrogen-bond donors (Lipinski definition) is 2. The minimum Gasteiger partial charge on any atom is -0.383 e. The monoisotopic (exact) mass is 297 g/mol. The number of nitrogens with one attached hydrogen (secondary N) is 2. The molecule has 8 heteroatoms. The van der Waals surface area contributed by atoms with Crippen LogP contribution in [0.1, 0.15) is 6.92 Å². The van der Waals surface area contributed by atoms with Crippen molar-refractivity contribution >= 4 is 17.8 Å². The van der Waals surface area contributed by atoms with E-state index in [4.69, 9.17) is 4.74 Å². The molecule has 1 aromatic rings. The normalized spacial score (nSPS) is 10.8. The van der Waals surface area contributed by atoms with Crippen LogP contribution in [0.3, 0.4) is 0 Å². The molecular formula is C13H27N7O. The van der Waals surface area contributed by atoms with E-state index in [-0.39, 0.29) is 0 Å². The summed E-state index contributed by atoms with van der Waals surface area (Å²) in [7, 11) is 7.59. The van der Waals surface area contributed by atoms with Crippen LogP contribution in [-0.2, 0) is 4.74 Å². The Morgan fingerprint density at radius 3 is 2.24 bits per heavy atom. The van der Waals surface area contributed by atoms with Crippen LogP contribution in [0.4, 0.5) is 17.8 Å². The maximum atomic E-state index is 5.05. The van der Waals surface area contributed by atoms with Gasteiger partial charge in [0.15, 0.2) is 0 Å². The van der Waals surface area contributed by atoms with Crippen molar-refractivity contribution in [1.82, 2.24) is 19.9 Å². The highest BCUT2D eigenvalue weighted by Gasteiger charge is 2.07. The van der Waals surface area contributed by atoms with Gasteiger partial charge in [-0.2, -0.15) is 15.0 Å². The van der Waals surface area contributed by atoms with E-state index in [9.17, 15) is 0 Å². The Hall–Kier alpha value is -1.67. The van der Waals surface area contributed by atoms with Crippen LogP contribution >= 0.6 is 0 Å². The summed E-state index contributed by atoms with van der Waals surface area (Å²) in [6, 6.07) is 0. The predicted octanol–water partition coefficient (Wildman–Crippen LogP) is 0.360.